The number of rotatable bonds is 1. The molecule has 0 radical (unpaired) electrons. The third-order valence-electron chi connectivity index (χ3n) is 1.77. The van der Waals surface area contributed by atoms with E-state index >= 15 is 0 Å². The lowest BCUT2D eigenvalue weighted by Crippen LogP contribution is -2.21. The molecule has 0 atom stereocenters. The Labute approximate surface area is 83.8 Å². The predicted molar refractivity (Wildman–Crippen MR) is 51.0 cm³/mol. The van der Waals surface area contributed by atoms with Gasteiger partial charge in [-0.25, -0.2) is 0 Å². The van der Waals surface area contributed by atoms with Crippen molar-refractivity contribution in [2.75, 3.05) is 0 Å². The molecule has 0 aliphatic rings. The van der Waals surface area contributed by atoms with E-state index in [1.807, 2.05) is 6.92 Å². The SMILES string of the molecule is Cc1nnc(Br)c(C(=N)NO)c1C. The minimum Gasteiger partial charge on any atom is -0.290 e. The molecule has 0 saturated carbocycles. The number of hydrogen-bond donors (Lipinski definition) is 3. The molecule has 1 heterocycles. The lowest BCUT2D eigenvalue weighted by Gasteiger charge is -2.08. The zero-order valence-electron chi connectivity index (χ0n) is 7.22. The van der Waals surface area contributed by atoms with Crippen molar-refractivity contribution in [2.24, 2.45) is 0 Å². The summed E-state index contributed by atoms with van der Waals surface area (Å²) in [6, 6.07) is 0. The highest BCUT2D eigenvalue weighted by Gasteiger charge is 2.12. The highest BCUT2D eigenvalue weighted by atomic mass is 79.9. The first kappa shape index (κ1) is 10.1. The van der Waals surface area contributed by atoms with Gasteiger partial charge in [-0.15, -0.1) is 5.10 Å². The molecule has 0 amide bonds. The zero-order chi connectivity index (χ0) is 10.0. The molecule has 1 aromatic rings. The van der Waals surface area contributed by atoms with Crippen molar-refractivity contribution < 1.29 is 5.21 Å². The van der Waals surface area contributed by atoms with E-state index in [-0.39, 0.29) is 5.84 Å². The maximum absolute atomic E-state index is 8.58. The number of amidine groups is 1. The molecule has 5 nitrogen and oxygen atoms in total. The molecular formula is C7H9BrN4O. The molecule has 0 spiro atoms. The van der Waals surface area contributed by atoms with Crippen molar-refractivity contribution in [1.29, 1.82) is 5.41 Å². The van der Waals surface area contributed by atoms with Gasteiger partial charge in [0, 0.05) is 0 Å². The number of hydrogen-bond acceptors (Lipinski definition) is 4. The Hall–Kier alpha value is -1.01. The van der Waals surface area contributed by atoms with Gasteiger partial charge < -0.3 is 0 Å². The topological polar surface area (TPSA) is 81.9 Å². The summed E-state index contributed by atoms with van der Waals surface area (Å²) in [5.41, 5.74) is 3.85. The smallest absolute Gasteiger partial charge is 0.152 e. The van der Waals surface area contributed by atoms with E-state index in [0.717, 1.165) is 11.3 Å². The van der Waals surface area contributed by atoms with Gasteiger partial charge in [-0.05, 0) is 35.3 Å². The van der Waals surface area contributed by atoms with Gasteiger partial charge in [0.05, 0.1) is 11.3 Å². The van der Waals surface area contributed by atoms with Gasteiger partial charge in [0.25, 0.3) is 0 Å². The van der Waals surface area contributed by atoms with Crippen LogP contribution in [-0.2, 0) is 0 Å². The molecule has 0 unspecified atom stereocenters. The Morgan fingerprint density at radius 3 is 2.62 bits per heavy atom. The average Bonchev–Trinajstić information content (AvgIpc) is 2.12. The molecule has 13 heavy (non-hydrogen) atoms. The fourth-order valence-corrected chi connectivity index (χ4v) is 1.50. The predicted octanol–water partition coefficient (Wildman–Crippen LogP) is 1.16. The molecule has 0 aliphatic heterocycles. The largest absolute Gasteiger partial charge is 0.290 e. The second-order valence-corrected chi connectivity index (χ2v) is 3.31. The second-order valence-electron chi connectivity index (χ2n) is 2.56. The minimum atomic E-state index is -0.0950. The van der Waals surface area contributed by atoms with E-state index in [4.69, 9.17) is 10.6 Å². The van der Waals surface area contributed by atoms with Crippen molar-refractivity contribution in [3.05, 3.63) is 21.4 Å². The van der Waals surface area contributed by atoms with E-state index in [2.05, 4.69) is 26.1 Å². The van der Waals surface area contributed by atoms with Crippen molar-refractivity contribution in [2.45, 2.75) is 13.8 Å². The molecular weight excluding hydrogens is 236 g/mol. The van der Waals surface area contributed by atoms with Crippen LogP contribution in [0.4, 0.5) is 0 Å². The molecule has 0 aromatic carbocycles. The summed E-state index contributed by atoms with van der Waals surface area (Å²) in [6.07, 6.45) is 0. The van der Waals surface area contributed by atoms with Crippen LogP contribution in [0.1, 0.15) is 16.8 Å². The molecule has 3 N–H and O–H groups in total. The Kier molecular flexibility index (Phi) is 2.94. The van der Waals surface area contributed by atoms with Gasteiger partial charge in [-0.2, -0.15) is 5.10 Å². The van der Waals surface area contributed by atoms with Crippen molar-refractivity contribution in [1.82, 2.24) is 15.7 Å². The van der Waals surface area contributed by atoms with Gasteiger partial charge in [-0.3, -0.25) is 16.1 Å². The first-order valence-electron chi connectivity index (χ1n) is 3.56. The maximum atomic E-state index is 8.58. The van der Waals surface area contributed by atoms with Gasteiger partial charge in [0.2, 0.25) is 0 Å². The fourth-order valence-electron chi connectivity index (χ4n) is 0.926. The summed E-state index contributed by atoms with van der Waals surface area (Å²) in [6.45, 7) is 3.61. The first-order valence-corrected chi connectivity index (χ1v) is 4.35. The minimum absolute atomic E-state index is 0.0950. The van der Waals surface area contributed by atoms with Gasteiger partial charge in [0.1, 0.15) is 4.60 Å². The van der Waals surface area contributed by atoms with E-state index in [0.29, 0.717) is 10.2 Å². The van der Waals surface area contributed by atoms with Crippen molar-refractivity contribution >= 4 is 21.8 Å². The normalized spacial score (nSPS) is 9.85. The van der Waals surface area contributed by atoms with Crippen LogP contribution < -0.4 is 5.48 Å². The summed E-state index contributed by atoms with van der Waals surface area (Å²) in [5, 5.41) is 23.6. The lowest BCUT2D eigenvalue weighted by atomic mass is 10.1. The quantitative estimate of drug-likeness (QED) is 0.394. The summed E-state index contributed by atoms with van der Waals surface area (Å²) >= 11 is 3.16. The van der Waals surface area contributed by atoms with E-state index in [9.17, 15) is 0 Å². The lowest BCUT2D eigenvalue weighted by molar-refractivity contribution is 0.234. The van der Waals surface area contributed by atoms with Crippen LogP contribution in [0.3, 0.4) is 0 Å². The third kappa shape index (κ3) is 1.84. The van der Waals surface area contributed by atoms with Gasteiger partial charge in [-0.1, -0.05) is 0 Å². The van der Waals surface area contributed by atoms with Gasteiger partial charge >= 0.3 is 0 Å². The van der Waals surface area contributed by atoms with E-state index in [1.54, 1.807) is 12.4 Å². The summed E-state index contributed by atoms with van der Waals surface area (Å²) < 4.78 is 0.446. The molecule has 70 valence electrons. The van der Waals surface area contributed by atoms with Crippen LogP contribution in [0.2, 0.25) is 0 Å². The molecule has 0 saturated heterocycles. The zero-order valence-corrected chi connectivity index (χ0v) is 8.81. The van der Waals surface area contributed by atoms with E-state index in [1.165, 1.54) is 0 Å². The van der Waals surface area contributed by atoms with Crippen LogP contribution >= 0.6 is 15.9 Å². The molecule has 0 aliphatic carbocycles. The first-order chi connectivity index (χ1) is 6.07. The standard InChI is InChI=1S/C7H9BrN4O/c1-3-4(2)10-11-6(8)5(3)7(9)12-13/h13H,1-2H3,(H2,9,12). The monoisotopic (exact) mass is 244 g/mol. The molecule has 1 rings (SSSR count). The molecule has 1 aromatic heterocycles. The number of hydroxylamine groups is 1. The van der Waals surface area contributed by atoms with Crippen LogP contribution in [0.15, 0.2) is 4.60 Å². The van der Waals surface area contributed by atoms with Crippen LogP contribution in [-0.4, -0.2) is 21.2 Å². The fraction of sp³-hybridized carbons (Fsp3) is 0.286. The Bertz CT molecular complexity index is 353. The van der Waals surface area contributed by atoms with Gasteiger partial charge in [0.15, 0.2) is 5.84 Å². The number of nitrogens with zero attached hydrogens (tertiary/aromatic N) is 2. The summed E-state index contributed by atoms with van der Waals surface area (Å²) in [5.74, 6) is -0.0950. The van der Waals surface area contributed by atoms with Crippen LogP contribution in [0.25, 0.3) is 0 Å². The molecule has 0 bridgehead atoms. The van der Waals surface area contributed by atoms with Crippen LogP contribution in [0, 0.1) is 19.3 Å². The summed E-state index contributed by atoms with van der Waals surface area (Å²) in [7, 11) is 0. The second kappa shape index (κ2) is 3.80. The number of halogens is 1. The maximum Gasteiger partial charge on any atom is 0.152 e. The molecule has 6 heteroatoms. The van der Waals surface area contributed by atoms with E-state index < -0.39 is 0 Å². The number of aryl methyl sites for hydroxylation is 1. The van der Waals surface area contributed by atoms with Crippen LogP contribution in [0.5, 0.6) is 0 Å². The average molecular weight is 245 g/mol. The number of nitrogens with one attached hydrogen (secondary N) is 2. The van der Waals surface area contributed by atoms with Crippen molar-refractivity contribution in [3.63, 3.8) is 0 Å². The highest BCUT2D eigenvalue weighted by Crippen LogP contribution is 2.18. The summed E-state index contributed by atoms with van der Waals surface area (Å²) in [4.78, 5) is 0. The Morgan fingerprint density at radius 1 is 1.46 bits per heavy atom. The number of aromatic nitrogens is 2. The molecule has 0 fully saturated rings. The van der Waals surface area contributed by atoms with Crippen molar-refractivity contribution in [3.8, 4) is 0 Å². The third-order valence-corrected chi connectivity index (χ3v) is 2.33. The highest BCUT2D eigenvalue weighted by molar-refractivity contribution is 9.10. The Balaban J connectivity index is 3.33. The Morgan fingerprint density at radius 2 is 2.08 bits per heavy atom.